The van der Waals surface area contributed by atoms with Crippen molar-refractivity contribution in [1.29, 1.82) is 0 Å². The molecule has 0 unspecified atom stereocenters. The van der Waals surface area contributed by atoms with Gasteiger partial charge in [0, 0.05) is 0 Å². The van der Waals surface area contributed by atoms with Crippen LogP contribution in [0.2, 0.25) is 0 Å². The van der Waals surface area contributed by atoms with Crippen LogP contribution in [0.15, 0.2) is 10.7 Å². The van der Waals surface area contributed by atoms with Gasteiger partial charge >= 0.3 is 6.09 Å². The van der Waals surface area contributed by atoms with Crippen molar-refractivity contribution in [2.45, 2.75) is 33.3 Å². The molecule has 1 aromatic heterocycles. The van der Waals surface area contributed by atoms with Crippen molar-refractivity contribution in [3.8, 4) is 5.88 Å². The van der Waals surface area contributed by atoms with Crippen LogP contribution in [0.5, 0.6) is 5.88 Å². The number of fused-ring (bicyclic) bond motifs is 1. The average molecular weight is 329 g/mol. The molecule has 6 heteroatoms. The molecule has 1 aromatic rings. The molecule has 19 heavy (non-hydrogen) atoms. The summed E-state index contributed by atoms with van der Waals surface area (Å²) in [6.45, 7) is 8.32. The molecule has 0 aliphatic carbocycles. The summed E-state index contributed by atoms with van der Waals surface area (Å²) in [6.07, 6.45) is -0.374. The lowest BCUT2D eigenvalue weighted by Crippen LogP contribution is -2.41. The number of nitrogens with zero attached hydrogens (tertiary/aromatic N) is 2. The number of amides is 1. The van der Waals surface area contributed by atoms with Gasteiger partial charge in [-0.15, -0.1) is 0 Å². The smallest absolute Gasteiger partial charge is 0.415 e. The van der Waals surface area contributed by atoms with E-state index >= 15 is 0 Å². The Morgan fingerprint density at radius 2 is 2.21 bits per heavy atom. The van der Waals surface area contributed by atoms with Crippen molar-refractivity contribution in [1.82, 2.24) is 4.98 Å². The molecule has 104 valence electrons. The minimum Gasteiger partial charge on any atom is -0.474 e. The van der Waals surface area contributed by atoms with Gasteiger partial charge in [0.05, 0.1) is 6.54 Å². The Labute approximate surface area is 121 Å². The highest BCUT2D eigenvalue weighted by molar-refractivity contribution is 9.10. The number of aromatic nitrogens is 1. The number of carbonyl (C=O) groups excluding carboxylic acids is 1. The number of ether oxygens (including phenoxy) is 2. The topological polar surface area (TPSA) is 51.7 Å². The van der Waals surface area contributed by atoms with E-state index in [9.17, 15) is 4.79 Å². The summed E-state index contributed by atoms with van der Waals surface area (Å²) >= 11 is 3.35. The molecular formula is C13H17BrN2O3. The molecule has 1 aliphatic rings. The second-order valence-corrected chi connectivity index (χ2v) is 6.15. The molecule has 0 N–H and O–H groups in total. The summed E-state index contributed by atoms with van der Waals surface area (Å²) in [6, 6.07) is 1.87. The fourth-order valence-corrected chi connectivity index (χ4v) is 2.00. The molecule has 1 aliphatic heterocycles. The Hall–Kier alpha value is -1.30. The highest BCUT2D eigenvalue weighted by atomic mass is 79.9. The number of aryl methyl sites for hydroxylation is 1. The Morgan fingerprint density at radius 3 is 2.84 bits per heavy atom. The van der Waals surface area contributed by atoms with E-state index in [4.69, 9.17) is 9.47 Å². The molecule has 0 saturated heterocycles. The maximum absolute atomic E-state index is 12.2. The second kappa shape index (κ2) is 5.00. The standard InChI is InChI=1S/C13H17BrN2O3/c1-8-7-9-11(15-10(8)14)18-6-5-16(9)12(17)19-13(2,3)4/h7H,5-6H2,1-4H3. The lowest BCUT2D eigenvalue weighted by atomic mass is 10.2. The van der Waals surface area contributed by atoms with Crippen molar-refractivity contribution in [2.24, 2.45) is 0 Å². The van der Waals surface area contributed by atoms with Gasteiger partial charge in [0.1, 0.15) is 22.5 Å². The number of halogens is 1. The summed E-state index contributed by atoms with van der Waals surface area (Å²) in [5, 5.41) is 0. The zero-order chi connectivity index (χ0) is 14.2. The predicted octanol–water partition coefficient (Wildman–Crippen LogP) is 3.29. The highest BCUT2D eigenvalue weighted by Crippen LogP contribution is 2.34. The third-order valence-electron chi connectivity index (χ3n) is 2.56. The van der Waals surface area contributed by atoms with Crippen LogP contribution in [-0.4, -0.2) is 29.8 Å². The van der Waals surface area contributed by atoms with Crippen molar-refractivity contribution < 1.29 is 14.3 Å². The van der Waals surface area contributed by atoms with Crippen LogP contribution in [0.1, 0.15) is 26.3 Å². The van der Waals surface area contributed by atoms with Crippen LogP contribution in [-0.2, 0) is 4.74 Å². The normalized spacial score (nSPS) is 14.7. The van der Waals surface area contributed by atoms with Crippen molar-refractivity contribution >= 4 is 27.7 Å². The summed E-state index contributed by atoms with van der Waals surface area (Å²) in [5.74, 6) is 0.453. The van der Waals surface area contributed by atoms with Gasteiger partial charge in [-0.1, -0.05) is 0 Å². The number of pyridine rings is 1. The number of hydrogen-bond donors (Lipinski definition) is 0. The Morgan fingerprint density at radius 1 is 1.53 bits per heavy atom. The van der Waals surface area contributed by atoms with Gasteiger partial charge in [0.2, 0.25) is 5.88 Å². The Balaban J connectivity index is 2.32. The van der Waals surface area contributed by atoms with Crippen molar-refractivity contribution in [3.63, 3.8) is 0 Å². The molecule has 5 nitrogen and oxygen atoms in total. The molecule has 1 amide bonds. The minimum absolute atomic E-state index is 0.374. The van der Waals surface area contributed by atoms with Gasteiger partial charge in [-0.05, 0) is 55.3 Å². The predicted molar refractivity (Wildman–Crippen MR) is 75.7 cm³/mol. The first kappa shape index (κ1) is 14.1. The summed E-state index contributed by atoms with van der Waals surface area (Å²) in [4.78, 5) is 18.0. The fourth-order valence-electron chi connectivity index (χ4n) is 1.72. The SMILES string of the molecule is Cc1cc2c(nc1Br)OCCN2C(=O)OC(C)(C)C. The minimum atomic E-state index is -0.520. The summed E-state index contributed by atoms with van der Waals surface area (Å²) in [7, 11) is 0. The van der Waals surface area contributed by atoms with Gasteiger partial charge < -0.3 is 9.47 Å². The lowest BCUT2D eigenvalue weighted by molar-refractivity contribution is 0.0566. The van der Waals surface area contributed by atoms with E-state index in [-0.39, 0.29) is 6.09 Å². The third-order valence-corrected chi connectivity index (χ3v) is 3.36. The molecule has 0 atom stereocenters. The van der Waals surface area contributed by atoms with Crippen LogP contribution < -0.4 is 9.64 Å². The maximum atomic E-state index is 12.2. The van der Waals surface area contributed by atoms with Crippen molar-refractivity contribution in [2.75, 3.05) is 18.1 Å². The monoisotopic (exact) mass is 328 g/mol. The highest BCUT2D eigenvalue weighted by Gasteiger charge is 2.29. The first-order valence-corrected chi connectivity index (χ1v) is 6.88. The third kappa shape index (κ3) is 3.18. The van der Waals surface area contributed by atoms with Crippen LogP contribution in [0.25, 0.3) is 0 Å². The largest absolute Gasteiger partial charge is 0.474 e. The van der Waals surface area contributed by atoms with Crippen LogP contribution in [0, 0.1) is 6.92 Å². The van der Waals surface area contributed by atoms with E-state index in [2.05, 4.69) is 20.9 Å². The number of anilines is 1. The van der Waals surface area contributed by atoms with E-state index in [0.29, 0.717) is 24.7 Å². The quantitative estimate of drug-likeness (QED) is 0.686. The van der Waals surface area contributed by atoms with E-state index in [1.807, 2.05) is 33.8 Å². The van der Waals surface area contributed by atoms with E-state index in [1.54, 1.807) is 4.90 Å². The van der Waals surface area contributed by atoms with Gasteiger partial charge in [-0.3, -0.25) is 4.90 Å². The number of hydrogen-bond acceptors (Lipinski definition) is 4. The van der Waals surface area contributed by atoms with Crippen LogP contribution >= 0.6 is 15.9 Å². The van der Waals surface area contributed by atoms with E-state index in [1.165, 1.54) is 0 Å². The van der Waals surface area contributed by atoms with Gasteiger partial charge in [-0.25, -0.2) is 9.78 Å². The van der Waals surface area contributed by atoms with Gasteiger partial charge in [-0.2, -0.15) is 0 Å². The molecule has 2 rings (SSSR count). The molecule has 0 radical (unpaired) electrons. The first-order chi connectivity index (χ1) is 8.78. The van der Waals surface area contributed by atoms with Crippen molar-refractivity contribution in [3.05, 3.63) is 16.2 Å². The van der Waals surface area contributed by atoms with Crippen LogP contribution in [0.3, 0.4) is 0 Å². The number of rotatable bonds is 0. The molecule has 0 fully saturated rings. The molecule has 0 aromatic carbocycles. The Bertz CT molecular complexity index is 511. The summed E-state index contributed by atoms with van der Waals surface area (Å²) in [5.41, 5.74) is 1.08. The zero-order valence-electron chi connectivity index (χ0n) is 11.5. The van der Waals surface area contributed by atoms with Gasteiger partial charge in [0.25, 0.3) is 0 Å². The molecule has 0 spiro atoms. The van der Waals surface area contributed by atoms with Gasteiger partial charge in [0.15, 0.2) is 0 Å². The van der Waals surface area contributed by atoms with E-state index in [0.717, 1.165) is 10.2 Å². The fraction of sp³-hybridized carbons (Fsp3) is 0.538. The molecule has 2 heterocycles. The first-order valence-electron chi connectivity index (χ1n) is 6.08. The average Bonchev–Trinajstić information content (AvgIpc) is 2.27. The molecular weight excluding hydrogens is 312 g/mol. The van der Waals surface area contributed by atoms with E-state index < -0.39 is 5.60 Å². The summed E-state index contributed by atoms with van der Waals surface area (Å²) < 4.78 is 11.6. The Kier molecular flexibility index (Phi) is 3.71. The molecule has 0 saturated carbocycles. The molecule has 0 bridgehead atoms. The second-order valence-electron chi connectivity index (χ2n) is 5.40. The van der Waals surface area contributed by atoms with Crippen LogP contribution in [0.4, 0.5) is 10.5 Å². The number of carbonyl (C=O) groups is 1. The zero-order valence-corrected chi connectivity index (χ0v) is 13.1. The lowest BCUT2D eigenvalue weighted by Gasteiger charge is -2.31. The maximum Gasteiger partial charge on any atom is 0.415 e.